The number of hydrogen-bond acceptors (Lipinski definition) is 2. The number of ether oxygens (including phenoxy) is 1. The maximum atomic E-state index is 6.29. The van der Waals surface area contributed by atoms with Gasteiger partial charge in [-0.3, -0.25) is 0 Å². The number of hydrogen-bond donors (Lipinski definition) is 1. The number of rotatable bonds is 2. The first-order valence-electron chi connectivity index (χ1n) is 7.78. The molecule has 19 heavy (non-hydrogen) atoms. The zero-order chi connectivity index (χ0) is 13.2. The Morgan fingerprint density at radius 2 is 1.89 bits per heavy atom. The van der Waals surface area contributed by atoms with Gasteiger partial charge < -0.3 is 10.5 Å². The predicted octanol–water partition coefficient (Wildman–Crippen LogP) is 3.98. The minimum absolute atomic E-state index is 0.207. The monoisotopic (exact) mass is 259 g/mol. The van der Waals surface area contributed by atoms with Crippen LogP contribution in [0.15, 0.2) is 18.2 Å². The summed E-state index contributed by atoms with van der Waals surface area (Å²) in [7, 11) is 0. The van der Waals surface area contributed by atoms with Gasteiger partial charge in [0.1, 0.15) is 5.75 Å². The van der Waals surface area contributed by atoms with Crippen molar-refractivity contribution in [1.82, 2.24) is 0 Å². The van der Waals surface area contributed by atoms with Crippen molar-refractivity contribution in [2.45, 2.75) is 64.0 Å². The van der Waals surface area contributed by atoms with Gasteiger partial charge in [-0.25, -0.2) is 0 Å². The summed E-state index contributed by atoms with van der Waals surface area (Å²) < 4.78 is 6.29. The van der Waals surface area contributed by atoms with Crippen LogP contribution in [0, 0.1) is 5.92 Å². The van der Waals surface area contributed by atoms with E-state index in [0.29, 0.717) is 6.10 Å². The lowest BCUT2D eigenvalue weighted by molar-refractivity contribution is 0.134. The van der Waals surface area contributed by atoms with Crippen LogP contribution in [-0.4, -0.2) is 6.10 Å². The molecule has 2 aliphatic carbocycles. The molecule has 3 rings (SSSR count). The van der Waals surface area contributed by atoms with Crippen molar-refractivity contribution in [3.05, 3.63) is 29.3 Å². The van der Waals surface area contributed by atoms with E-state index in [4.69, 9.17) is 10.5 Å². The topological polar surface area (TPSA) is 35.2 Å². The Hall–Kier alpha value is -1.02. The van der Waals surface area contributed by atoms with Gasteiger partial charge in [0, 0.05) is 6.04 Å². The van der Waals surface area contributed by atoms with E-state index in [9.17, 15) is 0 Å². The largest absolute Gasteiger partial charge is 0.490 e. The van der Waals surface area contributed by atoms with Crippen LogP contribution < -0.4 is 10.5 Å². The molecule has 1 unspecified atom stereocenters. The maximum Gasteiger partial charge on any atom is 0.123 e. The van der Waals surface area contributed by atoms with Gasteiger partial charge in [-0.1, -0.05) is 19.1 Å². The number of fused-ring (bicyclic) bond motifs is 1. The lowest BCUT2D eigenvalue weighted by atomic mass is 9.87. The molecule has 0 aliphatic heterocycles. The molecule has 2 heteroatoms. The van der Waals surface area contributed by atoms with Crippen LogP contribution in [0.2, 0.25) is 0 Å². The van der Waals surface area contributed by atoms with Crippen molar-refractivity contribution in [3.8, 4) is 5.75 Å². The molecule has 0 saturated heterocycles. The van der Waals surface area contributed by atoms with Crippen LogP contribution in [0.5, 0.6) is 5.75 Å². The zero-order valence-corrected chi connectivity index (χ0v) is 11.9. The average Bonchev–Trinajstić information content (AvgIpc) is 2.43. The van der Waals surface area contributed by atoms with Gasteiger partial charge in [0.05, 0.1) is 6.10 Å². The molecule has 0 bridgehead atoms. The van der Waals surface area contributed by atoms with Gasteiger partial charge in [0.15, 0.2) is 0 Å². The second-order valence-corrected chi connectivity index (χ2v) is 6.32. The van der Waals surface area contributed by atoms with E-state index in [1.165, 1.54) is 43.2 Å². The van der Waals surface area contributed by atoms with E-state index >= 15 is 0 Å². The fraction of sp³-hybridized carbons (Fsp3) is 0.647. The van der Waals surface area contributed by atoms with Crippen molar-refractivity contribution in [2.75, 3.05) is 0 Å². The third-order valence-electron chi connectivity index (χ3n) is 4.77. The summed E-state index contributed by atoms with van der Waals surface area (Å²) in [5, 5.41) is 0. The summed E-state index contributed by atoms with van der Waals surface area (Å²) in [6.45, 7) is 2.35. The molecular formula is C17H25NO. The SMILES string of the molecule is CC1CCC(Oc2cccc3c2CCCC3N)CC1. The second kappa shape index (κ2) is 5.54. The third-order valence-corrected chi connectivity index (χ3v) is 4.77. The normalized spacial score (nSPS) is 30.7. The smallest absolute Gasteiger partial charge is 0.123 e. The summed E-state index contributed by atoms with van der Waals surface area (Å²) in [6.07, 6.45) is 8.86. The summed E-state index contributed by atoms with van der Waals surface area (Å²) in [5.41, 5.74) is 8.90. The summed E-state index contributed by atoms with van der Waals surface area (Å²) in [4.78, 5) is 0. The molecule has 1 saturated carbocycles. The van der Waals surface area contributed by atoms with Crippen LogP contribution in [0.1, 0.15) is 62.6 Å². The molecule has 104 valence electrons. The van der Waals surface area contributed by atoms with Gasteiger partial charge in [-0.2, -0.15) is 0 Å². The molecule has 2 nitrogen and oxygen atoms in total. The highest BCUT2D eigenvalue weighted by molar-refractivity contribution is 5.43. The Labute approximate surface area is 116 Å². The minimum atomic E-state index is 0.207. The number of benzene rings is 1. The van der Waals surface area contributed by atoms with E-state index in [0.717, 1.165) is 24.5 Å². The van der Waals surface area contributed by atoms with Crippen molar-refractivity contribution in [2.24, 2.45) is 11.7 Å². The Morgan fingerprint density at radius 3 is 2.68 bits per heavy atom. The van der Waals surface area contributed by atoms with E-state index in [1.54, 1.807) is 0 Å². The van der Waals surface area contributed by atoms with E-state index in [2.05, 4.69) is 25.1 Å². The molecule has 2 aliphatic rings. The fourth-order valence-electron chi connectivity index (χ4n) is 3.49. The molecule has 0 amide bonds. The molecule has 1 fully saturated rings. The standard InChI is InChI=1S/C17H25NO/c1-12-8-10-13(11-9-12)19-17-7-3-4-14-15(17)5-2-6-16(14)18/h3-4,7,12-13,16H,2,5-6,8-11,18H2,1H3. The van der Waals surface area contributed by atoms with Gasteiger partial charge in [0.25, 0.3) is 0 Å². The van der Waals surface area contributed by atoms with Crippen molar-refractivity contribution in [3.63, 3.8) is 0 Å². The summed E-state index contributed by atoms with van der Waals surface area (Å²) in [5.74, 6) is 1.98. The molecule has 2 N–H and O–H groups in total. The fourth-order valence-corrected chi connectivity index (χ4v) is 3.49. The Kier molecular flexibility index (Phi) is 3.79. The quantitative estimate of drug-likeness (QED) is 0.872. The van der Waals surface area contributed by atoms with Gasteiger partial charge in [0.2, 0.25) is 0 Å². The van der Waals surface area contributed by atoms with Gasteiger partial charge in [-0.15, -0.1) is 0 Å². The first-order chi connectivity index (χ1) is 9.24. The minimum Gasteiger partial charge on any atom is -0.490 e. The molecule has 0 radical (unpaired) electrons. The Morgan fingerprint density at radius 1 is 1.11 bits per heavy atom. The maximum absolute atomic E-state index is 6.29. The van der Waals surface area contributed by atoms with Gasteiger partial charge >= 0.3 is 0 Å². The van der Waals surface area contributed by atoms with Crippen LogP contribution in [0.25, 0.3) is 0 Å². The first kappa shape index (κ1) is 13.0. The zero-order valence-electron chi connectivity index (χ0n) is 11.9. The predicted molar refractivity (Wildman–Crippen MR) is 78.4 cm³/mol. The molecule has 0 spiro atoms. The highest BCUT2D eigenvalue weighted by atomic mass is 16.5. The van der Waals surface area contributed by atoms with Crippen molar-refractivity contribution in [1.29, 1.82) is 0 Å². The van der Waals surface area contributed by atoms with Crippen molar-refractivity contribution >= 4 is 0 Å². The summed E-state index contributed by atoms with van der Waals surface area (Å²) >= 11 is 0. The molecule has 1 atom stereocenters. The third kappa shape index (κ3) is 2.79. The highest BCUT2D eigenvalue weighted by Gasteiger charge is 2.23. The molecule has 0 aromatic heterocycles. The lowest BCUT2D eigenvalue weighted by Gasteiger charge is -2.30. The summed E-state index contributed by atoms with van der Waals surface area (Å²) in [6, 6.07) is 6.62. The van der Waals surface area contributed by atoms with Crippen LogP contribution >= 0.6 is 0 Å². The van der Waals surface area contributed by atoms with E-state index in [1.807, 2.05) is 0 Å². The molecule has 1 aromatic rings. The van der Waals surface area contributed by atoms with Crippen LogP contribution in [0.3, 0.4) is 0 Å². The van der Waals surface area contributed by atoms with Crippen LogP contribution in [-0.2, 0) is 6.42 Å². The van der Waals surface area contributed by atoms with Crippen molar-refractivity contribution < 1.29 is 4.74 Å². The Balaban J connectivity index is 1.76. The number of nitrogens with two attached hydrogens (primary N) is 1. The lowest BCUT2D eigenvalue weighted by Crippen LogP contribution is -2.24. The average molecular weight is 259 g/mol. The second-order valence-electron chi connectivity index (χ2n) is 6.32. The highest BCUT2D eigenvalue weighted by Crippen LogP contribution is 2.36. The first-order valence-corrected chi connectivity index (χ1v) is 7.78. The molecular weight excluding hydrogens is 234 g/mol. The molecule has 0 heterocycles. The molecule has 1 aromatic carbocycles. The van der Waals surface area contributed by atoms with Crippen LogP contribution in [0.4, 0.5) is 0 Å². The Bertz CT molecular complexity index is 435. The van der Waals surface area contributed by atoms with E-state index < -0.39 is 0 Å². The van der Waals surface area contributed by atoms with Gasteiger partial charge in [-0.05, 0) is 68.1 Å². The van der Waals surface area contributed by atoms with E-state index in [-0.39, 0.29) is 6.04 Å².